The zero-order chi connectivity index (χ0) is 28.6. The van der Waals surface area contributed by atoms with E-state index in [2.05, 4.69) is 17.3 Å². The van der Waals surface area contributed by atoms with Crippen LogP contribution < -0.4 is 21.1 Å². The Kier molecular flexibility index (Phi) is 10.2. The number of benzene rings is 2. The third-order valence-corrected chi connectivity index (χ3v) is 7.27. The van der Waals surface area contributed by atoms with E-state index in [1.807, 2.05) is 31.3 Å². The topological polar surface area (TPSA) is 156 Å². The minimum atomic E-state index is -0.834. The summed E-state index contributed by atoms with van der Waals surface area (Å²) in [7, 11) is 0. The summed E-state index contributed by atoms with van der Waals surface area (Å²) in [4.78, 5) is 18.0. The van der Waals surface area contributed by atoms with Crippen LogP contribution in [-0.4, -0.2) is 52.3 Å². The number of nitrogens with zero attached hydrogens (tertiary/aromatic N) is 1. The first-order valence-electron chi connectivity index (χ1n) is 14.0. The van der Waals surface area contributed by atoms with E-state index in [1.54, 1.807) is 18.2 Å². The van der Waals surface area contributed by atoms with E-state index in [9.17, 15) is 20.1 Å². The average Bonchev–Trinajstić information content (AvgIpc) is 3.48. The number of aliphatic hydroxyl groups is 2. The fraction of sp³-hybridized carbons (Fsp3) is 0.419. The molecule has 0 aromatic heterocycles. The van der Waals surface area contributed by atoms with Gasteiger partial charge in [0.05, 0.1) is 23.9 Å². The summed E-state index contributed by atoms with van der Waals surface area (Å²) in [5, 5.41) is 30.3. The molecule has 0 amide bonds. The molecule has 0 fully saturated rings. The number of carbonyl (C=O) groups is 1. The molecule has 2 aromatic carbocycles. The van der Waals surface area contributed by atoms with Gasteiger partial charge in [-0.25, -0.2) is 0 Å². The van der Waals surface area contributed by atoms with Gasteiger partial charge in [0.25, 0.3) is 0 Å². The number of allylic oxidation sites excluding steroid dienone is 1. The molecular formula is C31H41N4O5+. The molecule has 3 atom stereocenters. The van der Waals surface area contributed by atoms with Crippen LogP contribution in [0.3, 0.4) is 0 Å². The van der Waals surface area contributed by atoms with Crippen molar-refractivity contribution < 1.29 is 29.8 Å². The zero-order valence-electron chi connectivity index (χ0n) is 23.1. The molecule has 2 aliphatic heterocycles. The lowest BCUT2D eigenvalue weighted by Crippen LogP contribution is -3.07. The second kappa shape index (κ2) is 13.8. The number of phenolic OH excluding ortho intramolecular Hbond substituents is 1. The molecule has 0 spiro atoms. The lowest BCUT2D eigenvalue weighted by Gasteiger charge is -2.15. The summed E-state index contributed by atoms with van der Waals surface area (Å²) in [6.45, 7) is 2.97. The van der Waals surface area contributed by atoms with Crippen LogP contribution in [-0.2, 0) is 17.6 Å². The number of hydrogen-bond acceptors (Lipinski definition) is 8. The highest BCUT2D eigenvalue weighted by Gasteiger charge is 2.30. The van der Waals surface area contributed by atoms with Crippen molar-refractivity contribution in [1.82, 2.24) is 0 Å². The van der Waals surface area contributed by atoms with Gasteiger partial charge < -0.3 is 31.5 Å². The first-order valence-corrected chi connectivity index (χ1v) is 14.0. The quantitative estimate of drug-likeness (QED) is 0.185. The normalized spacial score (nSPS) is 17.8. The Morgan fingerprint density at radius 2 is 1.95 bits per heavy atom. The highest BCUT2D eigenvalue weighted by atomic mass is 16.5. The summed E-state index contributed by atoms with van der Waals surface area (Å²) >= 11 is 0. The fourth-order valence-electron chi connectivity index (χ4n) is 5.13. The molecule has 40 heavy (non-hydrogen) atoms. The van der Waals surface area contributed by atoms with Crippen LogP contribution in [0.1, 0.15) is 61.9 Å². The molecule has 0 radical (unpaired) electrons. The summed E-state index contributed by atoms with van der Waals surface area (Å²) in [6, 6.07) is 13.1. The van der Waals surface area contributed by atoms with Crippen molar-refractivity contribution in [2.24, 2.45) is 16.5 Å². The van der Waals surface area contributed by atoms with E-state index < -0.39 is 18.4 Å². The van der Waals surface area contributed by atoms with Crippen molar-refractivity contribution in [3.8, 4) is 11.5 Å². The number of carbonyl (C=O) groups excluding carboxylic acids is 1. The van der Waals surface area contributed by atoms with Crippen LogP contribution >= 0.6 is 0 Å². The molecule has 9 nitrogen and oxygen atoms in total. The summed E-state index contributed by atoms with van der Waals surface area (Å²) in [6.07, 6.45) is 5.25. The molecule has 4 rings (SSSR count). The molecule has 0 saturated heterocycles. The molecule has 2 aromatic rings. The van der Waals surface area contributed by atoms with Crippen molar-refractivity contribution in [3.05, 3.63) is 82.7 Å². The third-order valence-electron chi connectivity index (χ3n) is 7.27. The highest BCUT2D eigenvalue weighted by molar-refractivity contribution is 6.08. The van der Waals surface area contributed by atoms with Gasteiger partial charge in [0.15, 0.2) is 11.5 Å². The van der Waals surface area contributed by atoms with Crippen molar-refractivity contribution in [1.29, 1.82) is 0 Å². The van der Waals surface area contributed by atoms with Gasteiger partial charge in [-0.3, -0.25) is 14.7 Å². The number of fused-ring (bicyclic) bond motifs is 1. The highest BCUT2D eigenvalue weighted by Crippen LogP contribution is 2.28. The molecule has 9 heteroatoms. The first kappa shape index (κ1) is 29.6. The van der Waals surface area contributed by atoms with Gasteiger partial charge in [-0.2, -0.15) is 0 Å². The Balaban J connectivity index is 1.28. The molecular weight excluding hydrogens is 508 g/mol. The average molecular weight is 550 g/mol. The molecule has 0 bridgehead atoms. The van der Waals surface area contributed by atoms with Gasteiger partial charge >= 0.3 is 0 Å². The van der Waals surface area contributed by atoms with Gasteiger partial charge in [-0.1, -0.05) is 43.7 Å². The molecule has 8 N–H and O–H groups in total. The van der Waals surface area contributed by atoms with Crippen molar-refractivity contribution in [2.75, 3.05) is 13.3 Å². The predicted molar refractivity (Wildman–Crippen MR) is 154 cm³/mol. The van der Waals surface area contributed by atoms with Crippen molar-refractivity contribution >= 4 is 11.5 Å². The fourth-order valence-corrected chi connectivity index (χ4v) is 5.13. The number of nitrogens with one attached hydrogen (secondary N) is 1. The Morgan fingerprint density at radius 1 is 1.12 bits per heavy atom. The number of ether oxygens (including phenoxy) is 1. The molecule has 2 heterocycles. The summed E-state index contributed by atoms with van der Waals surface area (Å²) in [5.41, 5.74) is 17.8. The second-order valence-corrected chi connectivity index (χ2v) is 10.7. The largest absolute Gasteiger partial charge is 0.504 e. The van der Waals surface area contributed by atoms with Crippen molar-refractivity contribution in [2.45, 2.75) is 70.2 Å². The molecule has 1 unspecified atom stereocenters. The van der Waals surface area contributed by atoms with Crippen LogP contribution in [0.5, 0.6) is 11.5 Å². The number of aliphatic imine (C=N–C) groups is 1. The van der Waals surface area contributed by atoms with Gasteiger partial charge in [-0.05, 0) is 60.1 Å². The minimum absolute atomic E-state index is 0.0293. The summed E-state index contributed by atoms with van der Waals surface area (Å²) < 4.78 is 5.97. The van der Waals surface area contributed by atoms with Gasteiger partial charge in [0.1, 0.15) is 24.2 Å². The Morgan fingerprint density at radius 3 is 2.73 bits per heavy atom. The van der Waals surface area contributed by atoms with E-state index in [1.165, 1.54) is 0 Å². The number of ketones is 1. The zero-order valence-corrected chi connectivity index (χ0v) is 23.1. The number of aliphatic hydroxyl groups excluding tert-OH is 2. The van der Waals surface area contributed by atoms with E-state index >= 15 is 0 Å². The van der Waals surface area contributed by atoms with Gasteiger partial charge in [0.2, 0.25) is 6.73 Å². The van der Waals surface area contributed by atoms with Crippen molar-refractivity contribution in [3.63, 3.8) is 0 Å². The van der Waals surface area contributed by atoms with Crippen LogP contribution in [0.2, 0.25) is 0 Å². The Labute approximate surface area is 235 Å². The first-order chi connectivity index (χ1) is 19.2. The maximum Gasteiger partial charge on any atom is 0.227 e. The van der Waals surface area contributed by atoms with Crippen LogP contribution in [0.4, 0.5) is 0 Å². The van der Waals surface area contributed by atoms with Crippen LogP contribution in [0, 0.1) is 0 Å². The second-order valence-electron chi connectivity index (χ2n) is 10.7. The number of aromatic hydroxyl groups is 1. The van der Waals surface area contributed by atoms with E-state index in [0.29, 0.717) is 31.9 Å². The SMILES string of the molecule is CCC[C@H](O)C[C@@H](O)CC(=O)CCc1ccc(O)c(OC[NH+]2C=C3C(Cc4cccc(C(N)N)c4)=CN=C3C2)c1. The van der Waals surface area contributed by atoms with Gasteiger partial charge in [0, 0.05) is 19.0 Å². The van der Waals surface area contributed by atoms with Gasteiger partial charge in [-0.15, -0.1) is 0 Å². The number of quaternary nitrogens is 1. The number of phenols is 1. The minimum Gasteiger partial charge on any atom is -0.504 e. The maximum absolute atomic E-state index is 12.3. The lowest BCUT2D eigenvalue weighted by atomic mass is 9.98. The number of nitrogens with two attached hydrogens (primary N) is 2. The van der Waals surface area contributed by atoms with E-state index in [0.717, 1.165) is 51.3 Å². The summed E-state index contributed by atoms with van der Waals surface area (Å²) in [5.74, 6) is 0.342. The maximum atomic E-state index is 12.3. The molecule has 0 aliphatic carbocycles. The smallest absolute Gasteiger partial charge is 0.227 e. The number of hydrogen-bond donors (Lipinski definition) is 6. The van der Waals surface area contributed by atoms with Crippen LogP contribution in [0.15, 0.2) is 71.0 Å². The monoisotopic (exact) mass is 549 g/mol. The van der Waals surface area contributed by atoms with E-state index in [-0.39, 0.29) is 30.8 Å². The number of Topliss-reactive ketones (excluding diaryl/α,β-unsaturated/α-hetero) is 1. The molecule has 214 valence electrons. The number of rotatable bonds is 15. The standard InChI is InChI=1S/C31H40N4O5/c1-2-4-24(36)14-26(38)15-25(37)9-7-20-8-10-29(39)30(13-20)40-19-35-17-27-23(16-34-28(27)18-35)12-21-5-3-6-22(11-21)31(32)33/h3,5-6,8,10-11,13,16-17,24,26,31,36,38-39H,2,4,7,9,12,14-15,18-19,32-33H2,1H3/p+1/t24-,26+/m0/s1. The van der Waals surface area contributed by atoms with Crippen LogP contribution in [0.25, 0.3) is 0 Å². The Bertz CT molecular complexity index is 1290. The predicted octanol–water partition coefficient (Wildman–Crippen LogP) is 1.81. The molecule has 0 saturated carbocycles. The third kappa shape index (κ3) is 8.09. The Hall–Kier alpha value is -3.34. The lowest BCUT2D eigenvalue weighted by molar-refractivity contribution is -0.851. The molecule has 2 aliphatic rings. The number of aryl methyl sites for hydroxylation is 1. The van der Waals surface area contributed by atoms with E-state index in [4.69, 9.17) is 16.2 Å².